The van der Waals surface area contributed by atoms with E-state index in [0.29, 0.717) is 11.4 Å². The van der Waals surface area contributed by atoms with Crippen molar-refractivity contribution >= 4 is 0 Å². The van der Waals surface area contributed by atoms with Crippen molar-refractivity contribution in [3.05, 3.63) is 65.9 Å². The van der Waals surface area contributed by atoms with Crippen LogP contribution in [0.4, 0.5) is 0 Å². The molecule has 2 aromatic carbocycles. The number of hydrogen-bond donors (Lipinski definition) is 1. The zero-order chi connectivity index (χ0) is 15.7. The van der Waals surface area contributed by atoms with Gasteiger partial charge in [-0.05, 0) is 32.9 Å². The molecule has 112 valence electrons. The van der Waals surface area contributed by atoms with Crippen LogP contribution in [0.5, 0.6) is 0 Å². The van der Waals surface area contributed by atoms with E-state index in [1.807, 2.05) is 61.5 Å². The second-order valence-electron chi connectivity index (χ2n) is 5.96. The monoisotopic (exact) mass is 293 g/mol. The van der Waals surface area contributed by atoms with E-state index in [2.05, 4.69) is 10.3 Å². The van der Waals surface area contributed by atoms with Crippen LogP contribution in [0.3, 0.4) is 0 Å². The summed E-state index contributed by atoms with van der Waals surface area (Å²) in [6.45, 7) is 5.54. The molecule has 1 N–H and O–H groups in total. The molecule has 0 amide bonds. The first-order chi connectivity index (χ1) is 10.5. The highest BCUT2D eigenvalue weighted by Gasteiger charge is 2.28. The van der Waals surface area contributed by atoms with Crippen LogP contribution >= 0.6 is 0 Å². The predicted molar refractivity (Wildman–Crippen MR) is 86.8 cm³/mol. The van der Waals surface area contributed by atoms with Crippen LogP contribution in [0.15, 0.2) is 54.6 Å². The van der Waals surface area contributed by atoms with Crippen molar-refractivity contribution in [3.63, 3.8) is 0 Å². The summed E-state index contributed by atoms with van der Waals surface area (Å²) >= 11 is 0. The van der Waals surface area contributed by atoms with Crippen molar-refractivity contribution in [2.45, 2.75) is 26.4 Å². The van der Waals surface area contributed by atoms with Crippen molar-refractivity contribution in [1.82, 2.24) is 15.0 Å². The lowest BCUT2D eigenvalue weighted by molar-refractivity contribution is 0.0717. The Morgan fingerprint density at radius 3 is 2.18 bits per heavy atom. The largest absolute Gasteiger partial charge is 0.384 e. The van der Waals surface area contributed by atoms with Gasteiger partial charge in [-0.25, -0.2) is 4.68 Å². The molecular formula is C18H19N3O. The smallest absolute Gasteiger partial charge is 0.119 e. The molecule has 3 aromatic rings. The SMILES string of the molecule is Cc1ccc(-n2nnc(-c3ccccc3)c2C(C)(C)O)cc1. The zero-order valence-corrected chi connectivity index (χ0v) is 13.0. The first-order valence-electron chi connectivity index (χ1n) is 7.28. The lowest BCUT2D eigenvalue weighted by Crippen LogP contribution is -2.21. The molecular weight excluding hydrogens is 274 g/mol. The predicted octanol–water partition coefficient (Wildman–Crippen LogP) is 3.47. The van der Waals surface area contributed by atoms with E-state index in [1.165, 1.54) is 5.56 Å². The molecule has 0 radical (unpaired) electrons. The molecule has 0 saturated carbocycles. The van der Waals surface area contributed by atoms with Gasteiger partial charge in [0.1, 0.15) is 17.0 Å². The zero-order valence-electron chi connectivity index (χ0n) is 13.0. The highest BCUT2D eigenvalue weighted by atomic mass is 16.3. The Bertz CT molecular complexity index is 768. The van der Waals surface area contributed by atoms with Gasteiger partial charge < -0.3 is 5.11 Å². The second-order valence-corrected chi connectivity index (χ2v) is 5.96. The lowest BCUT2D eigenvalue weighted by atomic mass is 9.99. The Labute approximate surface area is 130 Å². The lowest BCUT2D eigenvalue weighted by Gasteiger charge is -2.20. The van der Waals surface area contributed by atoms with Gasteiger partial charge in [-0.2, -0.15) is 0 Å². The molecule has 1 aromatic heterocycles. The molecule has 0 unspecified atom stereocenters. The molecule has 22 heavy (non-hydrogen) atoms. The quantitative estimate of drug-likeness (QED) is 0.804. The fourth-order valence-corrected chi connectivity index (χ4v) is 2.49. The number of aliphatic hydroxyl groups is 1. The van der Waals surface area contributed by atoms with Gasteiger partial charge in [-0.15, -0.1) is 5.10 Å². The third-order valence-electron chi connectivity index (χ3n) is 3.58. The maximum atomic E-state index is 10.6. The van der Waals surface area contributed by atoms with Crippen LogP contribution in [-0.4, -0.2) is 20.1 Å². The Morgan fingerprint density at radius 1 is 0.955 bits per heavy atom. The topological polar surface area (TPSA) is 50.9 Å². The molecule has 0 fully saturated rings. The van der Waals surface area contributed by atoms with Crippen LogP contribution in [0.1, 0.15) is 25.1 Å². The number of benzene rings is 2. The van der Waals surface area contributed by atoms with E-state index < -0.39 is 5.60 Å². The Kier molecular flexibility index (Phi) is 3.54. The number of rotatable bonds is 3. The van der Waals surface area contributed by atoms with E-state index in [9.17, 15) is 5.11 Å². The first kappa shape index (κ1) is 14.5. The molecule has 4 heteroatoms. The molecule has 0 aliphatic heterocycles. The number of aromatic nitrogens is 3. The van der Waals surface area contributed by atoms with E-state index >= 15 is 0 Å². The van der Waals surface area contributed by atoms with Gasteiger partial charge in [0, 0.05) is 5.56 Å². The molecule has 0 aliphatic rings. The van der Waals surface area contributed by atoms with Crippen LogP contribution in [0, 0.1) is 6.92 Å². The summed E-state index contributed by atoms with van der Waals surface area (Å²) in [6.07, 6.45) is 0. The summed E-state index contributed by atoms with van der Waals surface area (Å²) in [5.41, 5.74) is 3.34. The van der Waals surface area contributed by atoms with E-state index in [-0.39, 0.29) is 0 Å². The molecule has 0 saturated heterocycles. The van der Waals surface area contributed by atoms with E-state index in [4.69, 9.17) is 0 Å². The fourth-order valence-electron chi connectivity index (χ4n) is 2.49. The standard InChI is InChI=1S/C18H19N3O/c1-13-9-11-15(12-10-13)21-17(18(2,3)22)16(19-20-21)14-7-5-4-6-8-14/h4-12,22H,1-3H3. The fraction of sp³-hybridized carbons (Fsp3) is 0.222. The molecule has 0 atom stereocenters. The van der Waals surface area contributed by atoms with Crippen molar-refractivity contribution in [3.8, 4) is 16.9 Å². The minimum Gasteiger partial charge on any atom is -0.384 e. The molecule has 0 spiro atoms. The Balaban J connectivity index is 2.20. The molecule has 0 bridgehead atoms. The number of hydrogen-bond acceptors (Lipinski definition) is 3. The van der Waals surface area contributed by atoms with Crippen LogP contribution < -0.4 is 0 Å². The third-order valence-corrected chi connectivity index (χ3v) is 3.58. The van der Waals surface area contributed by atoms with Gasteiger partial charge in [-0.1, -0.05) is 53.2 Å². The first-order valence-corrected chi connectivity index (χ1v) is 7.28. The van der Waals surface area contributed by atoms with Gasteiger partial charge in [-0.3, -0.25) is 0 Å². The number of nitrogens with zero attached hydrogens (tertiary/aromatic N) is 3. The maximum Gasteiger partial charge on any atom is 0.119 e. The maximum absolute atomic E-state index is 10.6. The van der Waals surface area contributed by atoms with Crippen molar-refractivity contribution in [1.29, 1.82) is 0 Å². The van der Waals surface area contributed by atoms with E-state index in [0.717, 1.165) is 11.3 Å². The van der Waals surface area contributed by atoms with Gasteiger partial charge in [0.25, 0.3) is 0 Å². The Hall–Kier alpha value is -2.46. The summed E-state index contributed by atoms with van der Waals surface area (Å²) in [5.74, 6) is 0. The number of aryl methyl sites for hydroxylation is 1. The minimum absolute atomic E-state index is 0.683. The van der Waals surface area contributed by atoms with Crippen molar-refractivity contribution in [2.75, 3.05) is 0 Å². The summed E-state index contributed by atoms with van der Waals surface area (Å²) < 4.78 is 1.71. The normalized spacial score (nSPS) is 11.6. The van der Waals surface area contributed by atoms with E-state index in [1.54, 1.807) is 18.5 Å². The average molecular weight is 293 g/mol. The minimum atomic E-state index is -1.06. The summed E-state index contributed by atoms with van der Waals surface area (Å²) in [4.78, 5) is 0. The van der Waals surface area contributed by atoms with Gasteiger partial charge in [0.2, 0.25) is 0 Å². The third kappa shape index (κ3) is 2.65. The second kappa shape index (κ2) is 5.39. The van der Waals surface area contributed by atoms with Gasteiger partial charge in [0.05, 0.1) is 5.69 Å². The van der Waals surface area contributed by atoms with Crippen LogP contribution in [0.25, 0.3) is 16.9 Å². The average Bonchev–Trinajstić information content (AvgIpc) is 2.94. The summed E-state index contributed by atoms with van der Waals surface area (Å²) in [6, 6.07) is 17.8. The van der Waals surface area contributed by atoms with Crippen molar-refractivity contribution in [2.24, 2.45) is 0 Å². The Morgan fingerprint density at radius 2 is 1.59 bits per heavy atom. The highest BCUT2D eigenvalue weighted by molar-refractivity contribution is 5.63. The molecule has 1 heterocycles. The molecule has 3 rings (SSSR count). The van der Waals surface area contributed by atoms with Gasteiger partial charge >= 0.3 is 0 Å². The van der Waals surface area contributed by atoms with Crippen molar-refractivity contribution < 1.29 is 5.11 Å². The van der Waals surface area contributed by atoms with Crippen LogP contribution in [0.2, 0.25) is 0 Å². The van der Waals surface area contributed by atoms with Crippen LogP contribution in [-0.2, 0) is 5.60 Å². The van der Waals surface area contributed by atoms with Gasteiger partial charge in [0.15, 0.2) is 0 Å². The summed E-state index contributed by atoms with van der Waals surface area (Å²) in [7, 11) is 0. The molecule has 4 nitrogen and oxygen atoms in total. The molecule has 0 aliphatic carbocycles. The summed E-state index contributed by atoms with van der Waals surface area (Å²) in [5, 5.41) is 19.2. The highest BCUT2D eigenvalue weighted by Crippen LogP contribution is 2.31.